The number of ether oxygens (including phenoxy) is 1. The van der Waals surface area contributed by atoms with E-state index in [0.29, 0.717) is 12.6 Å². The standard InChI is InChI=1S/C26H33N5O2/c1-18(2)31-14-12-21(13-15-31)28-26(32)29-22-9-10-23-19(16-22)8-11-25(30-23)27-17-20-6-4-5-7-24(20)33-3/h4-11,16,18,21H,12-15,17H2,1-3H3,(H,27,30)(H2,28,29,32). The maximum atomic E-state index is 12.5. The number of nitrogens with zero attached hydrogens (tertiary/aromatic N) is 2. The van der Waals surface area contributed by atoms with Gasteiger partial charge in [0.15, 0.2) is 0 Å². The molecule has 0 atom stereocenters. The number of hydrogen-bond donors (Lipinski definition) is 3. The average molecular weight is 448 g/mol. The van der Waals surface area contributed by atoms with Crippen molar-refractivity contribution in [1.29, 1.82) is 0 Å². The third kappa shape index (κ3) is 5.93. The van der Waals surface area contributed by atoms with Gasteiger partial charge in [0.1, 0.15) is 11.6 Å². The second-order valence-electron chi connectivity index (χ2n) is 8.77. The number of anilines is 2. The summed E-state index contributed by atoms with van der Waals surface area (Å²) in [7, 11) is 1.68. The number of hydrogen-bond acceptors (Lipinski definition) is 5. The molecule has 3 N–H and O–H groups in total. The molecule has 2 heterocycles. The predicted molar refractivity (Wildman–Crippen MR) is 134 cm³/mol. The maximum Gasteiger partial charge on any atom is 0.319 e. The van der Waals surface area contributed by atoms with Crippen molar-refractivity contribution in [3.8, 4) is 5.75 Å². The summed E-state index contributed by atoms with van der Waals surface area (Å²) in [5.74, 6) is 1.64. The van der Waals surface area contributed by atoms with Gasteiger partial charge in [-0.15, -0.1) is 0 Å². The Hall–Kier alpha value is -3.32. The Labute approximate surface area is 195 Å². The normalized spacial score (nSPS) is 14.9. The van der Waals surface area contributed by atoms with E-state index in [4.69, 9.17) is 9.72 Å². The van der Waals surface area contributed by atoms with Crippen LogP contribution in [-0.2, 0) is 6.54 Å². The predicted octanol–water partition coefficient (Wildman–Crippen LogP) is 4.85. The first-order chi connectivity index (χ1) is 16.0. The van der Waals surface area contributed by atoms with Gasteiger partial charge in [0.2, 0.25) is 0 Å². The number of piperidine rings is 1. The molecule has 1 saturated heterocycles. The van der Waals surface area contributed by atoms with Gasteiger partial charge in [0.05, 0.1) is 12.6 Å². The van der Waals surface area contributed by atoms with Crippen LogP contribution in [0.2, 0.25) is 0 Å². The largest absolute Gasteiger partial charge is 0.496 e. The number of methoxy groups -OCH3 is 1. The Kier molecular flexibility index (Phi) is 7.29. The number of carbonyl (C=O) groups is 1. The average Bonchev–Trinajstić information content (AvgIpc) is 2.83. The Morgan fingerprint density at radius 1 is 1.12 bits per heavy atom. The van der Waals surface area contributed by atoms with Crippen molar-refractivity contribution in [3.05, 3.63) is 60.2 Å². The fourth-order valence-electron chi connectivity index (χ4n) is 4.25. The highest BCUT2D eigenvalue weighted by atomic mass is 16.5. The van der Waals surface area contributed by atoms with E-state index in [9.17, 15) is 4.79 Å². The van der Waals surface area contributed by atoms with Gasteiger partial charge >= 0.3 is 6.03 Å². The number of pyridine rings is 1. The molecule has 1 aliphatic heterocycles. The van der Waals surface area contributed by atoms with E-state index in [2.05, 4.69) is 34.7 Å². The molecule has 0 saturated carbocycles. The van der Waals surface area contributed by atoms with Crippen LogP contribution < -0.4 is 20.7 Å². The molecule has 1 fully saturated rings. The number of fused-ring (bicyclic) bond motifs is 1. The van der Waals surface area contributed by atoms with Crippen LogP contribution in [0.3, 0.4) is 0 Å². The minimum Gasteiger partial charge on any atom is -0.496 e. The Balaban J connectivity index is 1.33. The van der Waals surface area contributed by atoms with Crippen molar-refractivity contribution in [2.24, 2.45) is 0 Å². The Morgan fingerprint density at radius 3 is 2.67 bits per heavy atom. The number of carbonyl (C=O) groups excluding carboxylic acids is 1. The lowest BCUT2D eigenvalue weighted by molar-refractivity contribution is 0.163. The molecule has 0 spiro atoms. The summed E-state index contributed by atoms with van der Waals surface area (Å²) in [6.07, 6.45) is 1.97. The lowest BCUT2D eigenvalue weighted by atomic mass is 10.0. The van der Waals surface area contributed by atoms with Gasteiger partial charge in [-0.25, -0.2) is 9.78 Å². The maximum absolute atomic E-state index is 12.5. The fourth-order valence-corrected chi connectivity index (χ4v) is 4.25. The monoisotopic (exact) mass is 447 g/mol. The van der Waals surface area contributed by atoms with Gasteiger partial charge in [-0.2, -0.15) is 0 Å². The van der Waals surface area contributed by atoms with E-state index in [1.807, 2.05) is 54.6 Å². The quantitative estimate of drug-likeness (QED) is 0.483. The van der Waals surface area contributed by atoms with Gasteiger partial charge in [0.25, 0.3) is 0 Å². The SMILES string of the molecule is COc1ccccc1CNc1ccc2cc(NC(=O)NC3CCN(C(C)C)CC3)ccc2n1. The lowest BCUT2D eigenvalue weighted by Crippen LogP contribution is -2.47. The van der Waals surface area contributed by atoms with Crippen LogP contribution in [0.5, 0.6) is 5.75 Å². The van der Waals surface area contributed by atoms with Gasteiger partial charge in [-0.1, -0.05) is 18.2 Å². The molecule has 1 aromatic heterocycles. The summed E-state index contributed by atoms with van der Waals surface area (Å²) < 4.78 is 5.41. The van der Waals surface area contributed by atoms with Crippen molar-refractivity contribution in [2.45, 2.75) is 45.3 Å². The first-order valence-corrected chi connectivity index (χ1v) is 11.6. The van der Waals surface area contributed by atoms with E-state index in [-0.39, 0.29) is 12.1 Å². The van der Waals surface area contributed by atoms with Gasteiger partial charge in [-0.05, 0) is 63.1 Å². The van der Waals surface area contributed by atoms with Gasteiger partial charge in [-0.3, -0.25) is 0 Å². The molecule has 7 heteroatoms. The smallest absolute Gasteiger partial charge is 0.319 e. The third-order valence-corrected chi connectivity index (χ3v) is 6.19. The van der Waals surface area contributed by atoms with Crippen LogP contribution in [-0.4, -0.2) is 48.2 Å². The number of likely N-dealkylation sites (tertiary alicyclic amines) is 1. The highest BCUT2D eigenvalue weighted by Gasteiger charge is 2.22. The van der Waals surface area contributed by atoms with E-state index >= 15 is 0 Å². The van der Waals surface area contributed by atoms with Crippen LogP contribution in [0.25, 0.3) is 10.9 Å². The second-order valence-corrected chi connectivity index (χ2v) is 8.77. The zero-order valence-electron chi connectivity index (χ0n) is 19.6. The highest BCUT2D eigenvalue weighted by molar-refractivity contribution is 5.93. The summed E-state index contributed by atoms with van der Waals surface area (Å²) in [4.78, 5) is 19.6. The molecule has 0 aliphatic carbocycles. The van der Waals surface area contributed by atoms with Crippen molar-refractivity contribution < 1.29 is 9.53 Å². The minimum absolute atomic E-state index is 0.152. The molecule has 7 nitrogen and oxygen atoms in total. The fraction of sp³-hybridized carbons (Fsp3) is 0.385. The molecule has 174 valence electrons. The third-order valence-electron chi connectivity index (χ3n) is 6.19. The second kappa shape index (κ2) is 10.5. The summed E-state index contributed by atoms with van der Waals surface area (Å²) >= 11 is 0. The number of para-hydroxylation sites is 1. The van der Waals surface area contributed by atoms with Crippen molar-refractivity contribution in [1.82, 2.24) is 15.2 Å². The minimum atomic E-state index is -0.152. The molecular formula is C26H33N5O2. The highest BCUT2D eigenvalue weighted by Crippen LogP contribution is 2.22. The van der Waals surface area contributed by atoms with Crippen molar-refractivity contribution >= 4 is 28.4 Å². The van der Waals surface area contributed by atoms with Gasteiger partial charge in [0, 0.05) is 48.4 Å². The summed E-state index contributed by atoms with van der Waals surface area (Å²) in [5, 5.41) is 10.4. The number of amides is 2. The number of benzene rings is 2. The number of urea groups is 1. The van der Waals surface area contributed by atoms with Crippen LogP contribution in [0, 0.1) is 0 Å². The van der Waals surface area contributed by atoms with Crippen LogP contribution in [0.1, 0.15) is 32.3 Å². The van der Waals surface area contributed by atoms with Crippen LogP contribution in [0.4, 0.5) is 16.3 Å². The van der Waals surface area contributed by atoms with Crippen molar-refractivity contribution in [3.63, 3.8) is 0 Å². The number of aromatic nitrogens is 1. The summed E-state index contributed by atoms with van der Waals surface area (Å²) in [6, 6.07) is 18.3. The molecule has 0 unspecified atom stereocenters. The van der Waals surface area contributed by atoms with E-state index in [1.165, 1.54) is 0 Å². The number of rotatable bonds is 7. The molecule has 0 radical (unpaired) electrons. The molecule has 0 bridgehead atoms. The molecule has 2 amide bonds. The Morgan fingerprint density at radius 2 is 1.91 bits per heavy atom. The molecule has 3 aromatic rings. The van der Waals surface area contributed by atoms with Crippen molar-refractivity contribution in [2.75, 3.05) is 30.8 Å². The van der Waals surface area contributed by atoms with Crippen LogP contribution >= 0.6 is 0 Å². The van der Waals surface area contributed by atoms with Crippen LogP contribution in [0.15, 0.2) is 54.6 Å². The molecule has 2 aromatic carbocycles. The summed E-state index contributed by atoms with van der Waals surface area (Å²) in [6.45, 7) is 7.11. The zero-order chi connectivity index (χ0) is 23.2. The molecular weight excluding hydrogens is 414 g/mol. The molecule has 1 aliphatic rings. The molecule has 33 heavy (non-hydrogen) atoms. The van der Waals surface area contributed by atoms with E-state index in [0.717, 1.165) is 59.7 Å². The molecule has 4 rings (SSSR count). The summed E-state index contributed by atoms with van der Waals surface area (Å²) in [5.41, 5.74) is 2.70. The van der Waals surface area contributed by atoms with Gasteiger partial charge < -0.3 is 25.6 Å². The first kappa shape index (κ1) is 22.9. The topological polar surface area (TPSA) is 78.5 Å². The van der Waals surface area contributed by atoms with E-state index < -0.39 is 0 Å². The lowest BCUT2D eigenvalue weighted by Gasteiger charge is -2.34. The van der Waals surface area contributed by atoms with E-state index in [1.54, 1.807) is 7.11 Å². The first-order valence-electron chi connectivity index (χ1n) is 11.6. The zero-order valence-corrected chi connectivity index (χ0v) is 19.6. The Bertz CT molecular complexity index is 1090. The number of nitrogens with one attached hydrogen (secondary N) is 3.